The molecule has 0 aliphatic heterocycles. The number of hydrogen-bond acceptors (Lipinski definition) is 15. The third-order valence-electron chi connectivity index (χ3n) is 7.51. The first kappa shape index (κ1) is 50.3. The molecule has 0 heterocycles. The SMILES string of the molecule is O=C(OCc1ccccc1)N(CCOCCOCCOCCOCCOCCOCCOCCOCCOCCOCCOCCOCCO)Cc1ccccc1. The molecule has 0 atom stereocenters. The average Bonchev–Trinajstić information content (AvgIpc) is 3.24. The fourth-order valence-electron chi connectivity index (χ4n) is 4.61. The Morgan fingerprint density at radius 1 is 0.386 bits per heavy atom. The molecule has 0 unspecified atom stereocenters. The molecule has 0 spiro atoms. The minimum Gasteiger partial charge on any atom is -0.445 e. The van der Waals surface area contributed by atoms with Crippen LogP contribution in [0.15, 0.2) is 60.7 Å². The van der Waals surface area contributed by atoms with Gasteiger partial charge in [0.05, 0.1) is 165 Å². The van der Waals surface area contributed by atoms with E-state index in [1.54, 1.807) is 4.90 Å². The van der Waals surface area contributed by atoms with Crippen LogP contribution in [0.25, 0.3) is 0 Å². The lowest BCUT2D eigenvalue weighted by Gasteiger charge is -2.22. The van der Waals surface area contributed by atoms with Crippen LogP contribution in [0, 0.1) is 0 Å². The number of amides is 1. The summed E-state index contributed by atoms with van der Waals surface area (Å²) in [7, 11) is 0. The van der Waals surface area contributed by atoms with Gasteiger partial charge >= 0.3 is 6.09 Å². The van der Waals surface area contributed by atoms with Crippen LogP contribution in [0.4, 0.5) is 4.79 Å². The largest absolute Gasteiger partial charge is 0.445 e. The molecule has 0 bridgehead atoms. The molecule has 0 saturated heterocycles. The molecule has 1 amide bonds. The number of aliphatic hydroxyl groups excluding tert-OH is 1. The zero-order valence-electron chi connectivity index (χ0n) is 33.7. The molecular weight excluding hydrogens is 746 g/mol. The summed E-state index contributed by atoms with van der Waals surface area (Å²) < 4.78 is 71.2. The van der Waals surface area contributed by atoms with E-state index in [4.69, 9.17) is 66.7 Å². The van der Waals surface area contributed by atoms with Gasteiger partial charge in [-0.1, -0.05) is 60.7 Å². The Bertz CT molecular complexity index is 1120. The summed E-state index contributed by atoms with van der Waals surface area (Å²) in [6.07, 6.45) is -0.380. The molecular formula is C41H67NO15. The second kappa shape index (κ2) is 40.0. The van der Waals surface area contributed by atoms with Gasteiger partial charge in [0.25, 0.3) is 0 Å². The van der Waals surface area contributed by atoms with Gasteiger partial charge in [-0.2, -0.15) is 0 Å². The topological polar surface area (TPSA) is 161 Å². The van der Waals surface area contributed by atoms with E-state index in [1.807, 2.05) is 60.7 Å². The number of carbonyl (C=O) groups is 1. The minimum atomic E-state index is -0.380. The molecule has 57 heavy (non-hydrogen) atoms. The standard InChI is InChI=1S/C41H67NO15/c43-12-14-46-16-18-48-20-22-50-24-26-52-28-30-54-32-34-56-36-35-55-33-31-53-29-27-51-25-23-49-21-19-47-17-15-45-13-11-42(37-39-7-3-1-4-8-39)41(44)57-38-40-9-5-2-6-10-40/h1-10,43H,11-38H2. The van der Waals surface area contributed by atoms with Crippen LogP contribution in [-0.4, -0.2) is 188 Å². The van der Waals surface area contributed by atoms with Crippen molar-refractivity contribution < 1.29 is 71.5 Å². The van der Waals surface area contributed by atoms with Crippen molar-refractivity contribution in [3.63, 3.8) is 0 Å². The maximum absolute atomic E-state index is 12.8. The lowest BCUT2D eigenvalue weighted by atomic mass is 10.2. The maximum Gasteiger partial charge on any atom is 0.410 e. The zero-order chi connectivity index (χ0) is 40.4. The van der Waals surface area contributed by atoms with Crippen LogP contribution < -0.4 is 0 Å². The second-order valence-electron chi connectivity index (χ2n) is 12.0. The van der Waals surface area contributed by atoms with Gasteiger partial charge in [-0.15, -0.1) is 0 Å². The van der Waals surface area contributed by atoms with Crippen LogP contribution in [0.3, 0.4) is 0 Å². The summed E-state index contributed by atoms with van der Waals surface area (Å²) in [4.78, 5) is 14.5. The zero-order valence-corrected chi connectivity index (χ0v) is 33.7. The highest BCUT2D eigenvalue weighted by atomic mass is 16.6. The average molecular weight is 814 g/mol. The highest BCUT2D eigenvalue weighted by Gasteiger charge is 2.16. The minimum absolute atomic E-state index is 0.0195. The first-order chi connectivity index (χ1) is 28.3. The van der Waals surface area contributed by atoms with Gasteiger partial charge in [-0.25, -0.2) is 4.79 Å². The van der Waals surface area contributed by atoms with Crippen molar-refractivity contribution in [2.45, 2.75) is 13.2 Å². The van der Waals surface area contributed by atoms with Crippen molar-refractivity contribution in [1.82, 2.24) is 4.90 Å². The van der Waals surface area contributed by atoms with E-state index in [-0.39, 0.29) is 19.3 Å². The van der Waals surface area contributed by atoms with Crippen molar-refractivity contribution in [3.05, 3.63) is 71.8 Å². The van der Waals surface area contributed by atoms with Crippen molar-refractivity contribution in [2.75, 3.05) is 172 Å². The Morgan fingerprint density at radius 2 is 0.667 bits per heavy atom. The molecule has 0 aromatic heterocycles. The first-order valence-corrected chi connectivity index (χ1v) is 19.8. The van der Waals surface area contributed by atoms with E-state index in [0.717, 1.165) is 11.1 Å². The van der Waals surface area contributed by atoms with E-state index in [0.29, 0.717) is 172 Å². The van der Waals surface area contributed by atoms with Crippen LogP contribution in [0.5, 0.6) is 0 Å². The highest BCUT2D eigenvalue weighted by Crippen LogP contribution is 2.09. The monoisotopic (exact) mass is 813 g/mol. The number of rotatable bonds is 42. The fourth-order valence-corrected chi connectivity index (χ4v) is 4.61. The normalized spacial score (nSPS) is 11.3. The van der Waals surface area contributed by atoms with E-state index < -0.39 is 0 Å². The van der Waals surface area contributed by atoms with Gasteiger partial charge in [0.15, 0.2) is 0 Å². The van der Waals surface area contributed by atoms with E-state index in [1.165, 1.54) is 0 Å². The maximum atomic E-state index is 12.8. The molecule has 2 rings (SSSR count). The van der Waals surface area contributed by atoms with Gasteiger partial charge in [-0.3, -0.25) is 0 Å². The molecule has 1 N–H and O–H groups in total. The van der Waals surface area contributed by atoms with Crippen molar-refractivity contribution in [1.29, 1.82) is 0 Å². The number of aliphatic hydroxyl groups is 1. The number of carbonyl (C=O) groups excluding carboxylic acids is 1. The summed E-state index contributed by atoms with van der Waals surface area (Å²) in [5.41, 5.74) is 1.96. The van der Waals surface area contributed by atoms with Gasteiger partial charge < -0.3 is 71.6 Å². The predicted octanol–water partition coefficient (Wildman–Crippen LogP) is 3.02. The second-order valence-corrected chi connectivity index (χ2v) is 12.0. The number of nitrogens with zero attached hydrogens (tertiary/aromatic N) is 1. The number of hydrogen-bond donors (Lipinski definition) is 1. The third kappa shape index (κ3) is 32.8. The van der Waals surface area contributed by atoms with Crippen molar-refractivity contribution in [3.8, 4) is 0 Å². The lowest BCUT2D eigenvalue weighted by molar-refractivity contribution is -0.0287. The fraction of sp³-hybridized carbons (Fsp3) is 0.683. The van der Waals surface area contributed by atoms with Gasteiger partial charge in [0.2, 0.25) is 0 Å². The summed E-state index contributed by atoms with van der Waals surface area (Å²) in [6, 6.07) is 19.4. The molecule has 0 aliphatic carbocycles. The molecule has 2 aromatic carbocycles. The van der Waals surface area contributed by atoms with Gasteiger partial charge in [-0.05, 0) is 11.1 Å². The smallest absolute Gasteiger partial charge is 0.410 e. The van der Waals surface area contributed by atoms with Crippen molar-refractivity contribution in [2.24, 2.45) is 0 Å². The molecule has 2 aromatic rings. The Balaban J connectivity index is 1.25. The molecule has 16 nitrogen and oxygen atoms in total. The van der Waals surface area contributed by atoms with E-state index in [9.17, 15) is 4.79 Å². The van der Waals surface area contributed by atoms with Crippen LogP contribution in [0.2, 0.25) is 0 Å². The van der Waals surface area contributed by atoms with Crippen LogP contribution in [0.1, 0.15) is 11.1 Å². The number of benzene rings is 2. The van der Waals surface area contributed by atoms with Gasteiger partial charge in [0.1, 0.15) is 6.61 Å². The quantitative estimate of drug-likeness (QED) is 0.0975. The Morgan fingerprint density at radius 3 is 0.982 bits per heavy atom. The molecule has 326 valence electrons. The molecule has 0 fully saturated rings. The summed E-state index contributed by atoms with van der Waals surface area (Å²) in [6.45, 7) is 12.3. The van der Waals surface area contributed by atoms with Crippen LogP contribution >= 0.6 is 0 Å². The summed E-state index contributed by atoms with van der Waals surface area (Å²) in [5, 5.41) is 8.60. The molecule has 16 heteroatoms. The van der Waals surface area contributed by atoms with Crippen molar-refractivity contribution >= 4 is 6.09 Å². The molecule has 0 radical (unpaired) electrons. The third-order valence-corrected chi connectivity index (χ3v) is 7.51. The number of ether oxygens (including phenoxy) is 13. The van der Waals surface area contributed by atoms with Crippen LogP contribution in [-0.2, 0) is 74.7 Å². The molecule has 0 saturated carbocycles. The van der Waals surface area contributed by atoms with Gasteiger partial charge in [0, 0.05) is 13.1 Å². The summed E-state index contributed by atoms with van der Waals surface area (Å²) in [5.74, 6) is 0. The molecule has 0 aliphatic rings. The summed E-state index contributed by atoms with van der Waals surface area (Å²) >= 11 is 0. The Hall–Kier alpha value is -2.81. The van der Waals surface area contributed by atoms with E-state index in [2.05, 4.69) is 0 Å². The Kier molecular flexibility index (Phi) is 35.3. The predicted molar refractivity (Wildman–Crippen MR) is 210 cm³/mol. The first-order valence-electron chi connectivity index (χ1n) is 19.8. The lowest BCUT2D eigenvalue weighted by Crippen LogP contribution is -2.34. The van der Waals surface area contributed by atoms with E-state index >= 15 is 0 Å². The highest BCUT2D eigenvalue weighted by molar-refractivity contribution is 5.67. The Labute approximate surface area is 338 Å².